The lowest BCUT2D eigenvalue weighted by Gasteiger charge is -2.47. The number of aryl methyl sites for hydroxylation is 1. The van der Waals surface area contributed by atoms with Gasteiger partial charge in [0.15, 0.2) is 9.84 Å². The molecule has 134 valence electrons. The Balaban J connectivity index is 1.91. The van der Waals surface area contributed by atoms with Gasteiger partial charge in [0, 0.05) is 12.1 Å². The Kier molecular flexibility index (Phi) is 5.36. The summed E-state index contributed by atoms with van der Waals surface area (Å²) in [6.07, 6.45) is 6.48. The van der Waals surface area contributed by atoms with Gasteiger partial charge in [-0.25, -0.2) is 8.42 Å². The minimum absolute atomic E-state index is 0.0906. The lowest BCUT2D eigenvalue weighted by atomic mass is 9.71. The van der Waals surface area contributed by atoms with Gasteiger partial charge in [0.25, 0.3) is 0 Å². The average Bonchev–Trinajstić information content (AvgIpc) is 2.55. The van der Waals surface area contributed by atoms with Gasteiger partial charge < -0.3 is 5.32 Å². The average molecular weight is 350 g/mol. The highest BCUT2D eigenvalue weighted by molar-refractivity contribution is 7.92. The lowest BCUT2D eigenvalue weighted by molar-refractivity contribution is 0.124. The predicted molar refractivity (Wildman–Crippen MR) is 98.9 cm³/mol. The normalized spacial score (nSPS) is 33.9. The van der Waals surface area contributed by atoms with E-state index in [1.54, 1.807) is 12.1 Å². The Morgan fingerprint density at radius 3 is 2.54 bits per heavy atom. The van der Waals surface area contributed by atoms with E-state index in [-0.39, 0.29) is 11.3 Å². The molecule has 2 fully saturated rings. The van der Waals surface area contributed by atoms with Crippen LogP contribution in [0.25, 0.3) is 0 Å². The molecule has 5 atom stereocenters. The van der Waals surface area contributed by atoms with Crippen LogP contribution in [0.3, 0.4) is 0 Å². The Morgan fingerprint density at radius 1 is 1.17 bits per heavy atom. The molecule has 1 aromatic carbocycles. The maximum absolute atomic E-state index is 13.3. The van der Waals surface area contributed by atoms with Crippen molar-refractivity contribution < 1.29 is 8.42 Å². The van der Waals surface area contributed by atoms with Crippen LogP contribution in [0.15, 0.2) is 29.2 Å². The molecule has 3 nitrogen and oxygen atoms in total. The number of rotatable bonds is 4. The highest BCUT2D eigenvalue weighted by Crippen LogP contribution is 2.40. The molecule has 0 spiro atoms. The number of nitrogens with one attached hydrogen (secondary N) is 1. The zero-order chi connectivity index (χ0) is 17.3. The molecule has 1 unspecified atom stereocenters. The number of piperidine rings is 1. The zero-order valence-corrected chi connectivity index (χ0v) is 16.0. The summed E-state index contributed by atoms with van der Waals surface area (Å²) >= 11 is 0. The van der Waals surface area contributed by atoms with Crippen LogP contribution in [0.1, 0.15) is 57.9 Å². The van der Waals surface area contributed by atoms with Gasteiger partial charge in [-0.05, 0) is 50.2 Å². The van der Waals surface area contributed by atoms with Gasteiger partial charge in [-0.3, -0.25) is 0 Å². The van der Waals surface area contributed by atoms with E-state index in [9.17, 15) is 8.42 Å². The monoisotopic (exact) mass is 349 g/mol. The van der Waals surface area contributed by atoms with Crippen LogP contribution >= 0.6 is 0 Å². The zero-order valence-electron chi connectivity index (χ0n) is 15.2. The molecule has 1 saturated heterocycles. The van der Waals surface area contributed by atoms with E-state index in [4.69, 9.17) is 0 Å². The molecule has 3 rings (SSSR count). The largest absolute Gasteiger partial charge is 0.310 e. The van der Waals surface area contributed by atoms with Crippen molar-refractivity contribution >= 4 is 9.84 Å². The van der Waals surface area contributed by atoms with E-state index in [0.717, 1.165) is 24.8 Å². The SMILES string of the molecule is CCC[C@@H]1N[C@@H]2CCC[C@@H](C)[C@@H]2CC1S(=O)(=O)c1ccc(C)cc1. The van der Waals surface area contributed by atoms with Crippen molar-refractivity contribution in [3.63, 3.8) is 0 Å². The Morgan fingerprint density at radius 2 is 1.88 bits per heavy atom. The van der Waals surface area contributed by atoms with Crippen LogP contribution in [0.5, 0.6) is 0 Å². The second kappa shape index (κ2) is 7.17. The summed E-state index contributed by atoms with van der Waals surface area (Å²) in [7, 11) is -3.29. The van der Waals surface area contributed by atoms with Crippen molar-refractivity contribution in [2.75, 3.05) is 0 Å². The quantitative estimate of drug-likeness (QED) is 0.890. The first kappa shape index (κ1) is 17.9. The summed E-state index contributed by atoms with van der Waals surface area (Å²) in [4.78, 5) is 0.489. The maximum atomic E-state index is 13.3. The third-order valence-corrected chi connectivity index (χ3v) is 8.40. The molecule has 4 heteroatoms. The standard InChI is InChI=1S/C20H31NO2S/c1-4-6-19-20(13-17-15(3)7-5-8-18(17)21-19)24(22,23)16-11-9-14(2)10-12-16/h9-12,15,17-21H,4-8,13H2,1-3H3/t15-,17+,18-,19+,20?/m1/s1. The van der Waals surface area contributed by atoms with Gasteiger partial charge in [0.2, 0.25) is 0 Å². The summed E-state index contributed by atoms with van der Waals surface area (Å²) in [5, 5.41) is 3.46. The highest BCUT2D eigenvalue weighted by atomic mass is 32.2. The second-order valence-electron chi connectivity index (χ2n) is 7.87. The molecule has 0 aromatic heterocycles. The molecular weight excluding hydrogens is 318 g/mol. The number of fused-ring (bicyclic) bond motifs is 1. The third kappa shape index (κ3) is 3.41. The molecule has 0 bridgehead atoms. The van der Waals surface area contributed by atoms with E-state index in [1.807, 2.05) is 19.1 Å². The Bertz CT molecular complexity index is 653. The molecule has 1 aliphatic heterocycles. The first-order valence-corrected chi connectivity index (χ1v) is 11.0. The van der Waals surface area contributed by atoms with Crippen LogP contribution in [0, 0.1) is 18.8 Å². The molecule has 1 saturated carbocycles. The van der Waals surface area contributed by atoms with E-state index in [1.165, 1.54) is 19.3 Å². The van der Waals surface area contributed by atoms with Gasteiger partial charge >= 0.3 is 0 Å². The van der Waals surface area contributed by atoms with Crippen LogP contribution in [0.4, 0.5) is 0 Å². The van der Waals surface area contributed by atoms with Crippen molar-refractivity contribution in [3.8, 4) is 0 Å². The minimum atomic E-state index is -3.29. The number of benzene rings is 1. The van der Waals surface area contributed by atoms with Crippen molar-refractivity contribution in [1.29, 1.82) is 0 Å². The maximum Gasteiger partial charge on any atom is 0.182 e. The molecule has 1 aromatic rings. The van der Waals surface area contributed by atoms with Crippen molar-refractivity contribution in [1.82, 2.24) is 5.32 Å². The van der Waals surface area contributed by atoms with Crippen molar-refractivity contribution in [2.45, 2.75) is 81.5 Å². The van der Waals surface area contributed by atoms with Gasteiger partial charge in [-0.1, -0.05) is 50.8 Å². The molecular formula is C20H31NO2S. The van der Waals surface area contributed by atoms with E-state index < -0.39 is 9.84 Å². The molecule has 2 aliphatic rings. The smallest absolute Gasteiger partial charge is 0.182 e. The summed E-state index contributed by atoms with van der Waals surface area (Å²) in [5.41, 5.74) is 1.10. The number of hydrogen-bond donors (Lipinski definition) is 1. The number of hydrogen-bond acceptors (Lipinski definition) is 3. The van der Waals surface area contributed by atoms with Crippen LogP contribution in [-0.4, -0.2) is 25.8 Å². The van der Waals surface area contributed by atoms with E-state index in [0.29, 0.717) is 22.8 Å². The lowest BCUT2D eigenvalue weighted by Crippen LogP contribution is -2.59. The molecule has 24 heavy (non-hydrogen) atoms. The predicted octanol–water partition coefficient (Wildman–Crippen LogP) is 4.10. The van der Waals surface area contributed by atoms with Crippen LogP contribution < -0.4 is 5.32 Å². The van der Waals surface area contributed by atoms with E-state index >= 15 is 0 Å². The third-order valence-electron chi connectivity index (χ3n) is 6.15. The Labute approximate surface area is 147 Å². The second-order valence-corrected chi connectivity index (χ2v) is 10.0. The molecule has 1 aliphatic carbocycles. The Hall–Kier alpha value is -0.870. The molecule has 1 N–H and O–H groups in total. The van der Waals surface area contributed by atoms with Crippen molar-refractivity contribution in [3.05, 3.63) is 29.8 Å². The first-order chi connectivity index (χ1) is 11.4. The van der Waals surface area contributed by atoms with Gasteiger partial charge in [-0.2, -0.15) is 0 Å². The van der Waals surface area contributed by atoms with Crippen LogP contribution in [-0.2, 0) is 9.84 Å². The molecule has 0 radical (unpaired) electrons. The number of sulfone groups is 1. The fourth-order valence-corrected chi connectivity index (χ4v) is 6.72. The summed E-state index contributed by atoms with van der Waals surface area (Å²) in [6.45, 7) is 6.44. The van der Waals surface area contributed by atoms with Gasteiger partial charge in [-0.15, -0.1) is 0 Å². The molecule has 1 heterocycles. The van der Waals surface area contributed by atoms with Gasteiger partial charge in [0.05, 0.1) is 10.1 Å². The molecule has 0 amide bonds. The topological polar surface area (TPSA) is 46.2 Å². The fraction of sp³-hybridized carbons (Fsp3) is 0.700. The van der Waals surface area contributed by atoms with Crippen molar-refractivity contribution in [2.24, 2.45) is 11.8 Å². The minimum Gasteiger partial charge on any atom is -0.310 e. The first-order valence-electron chi connectivity index (χ1n) is 9.50. The fourth-order valence-electron chi connectivity index (χ4n) is 4.73. The highest BCUT2D eigenvalue weighted by Gasteiger charge is 2.45. The summed E-state index contributed by atoms with van der Waals surface area (Å²) in [5.74, 6) is 1.12. The summed E-state index contributed by atoms with van der Waals surface area (Å²) in [6, 6.07) is 7.98. The van der Waals surface area contributed by atoms with Crippen LogP contribution in [0.2, 0.25) is 0 Å². The van der Waals surface area contributed by atoms with E-state index in [2.05, 4.69) is 19.2 Å². The van der Waals surface area contributed by atoms with Gasteiger partial charge in [0.1, 0.15) is 0 Å². The summed E-state index contributed by atoms with van der Waals surface area (Å²) < 4.78 is 26.6.